The molecular formula is C32H49N3O4. The Morgan fingerprint density at radius 1 is 1.03 bits per heavy atom. The first kappa shape index (κ1) is 30.9. The third kappa shape index (κ3) is 7.12. The number of H-pyrrole nitrogens is 1. The van der Waals surface area contributed by atoms with Crippen molar-refractivity contribution in [1.29, 1.82) is 0 Å². The average Bonchev–Trinajstić information content (AvgIpc) is 3.23. The molecule has 0 saturated heterocycles. The minimum atomic E-state index is -0.736. The van der Waals surface area contributed by atoms with E-state index in [-0.39, 0.29) is 5.56 Å². The molecule has 0 bridgehead atoms. The summed E-state index contributed by atoms with van der Waals surface area (Å²) in [6, 6.07) is 2.63. The number of benzene rings is 1. The summed E-state index contributed by atoms with van der Waals surface area (Å²) in [5.74, 6) is 0.725. The first-order valence-electron chi connectivity index (χ1n) is 14.5. The van der Waals surface area contributed by atoms with E-state index in [4.69, 9.17) is 9.47 Å². The van der Waals surface area contributed by atoms with Crippen molar-refractivity contribution in [3.8, 4) is 11.5 Å². The standard InChI is InChI=1S/C32H49N3O4/c1-10-13-24-18-21(3)33-31(37)27(24)19-35(9)17-15-26-22(4)29-30(23(5)28(26)20-36)39-32(6,38-29)16-12-14-25(11-2)34(7)8/h18,20,25H,10-17,19H2,1-9H3,(H,33,37). The lowest BCUT2D eigenvalue weighted by Gasteiger charge is -2.26. The Balaban J connectivity index is 1.76. The van der Waals surface area contributed by atoms with Crippen molar-refractivity contribution in [3.05, 3.63) is 55.5 Å². The Hall–Kier alpha value is -2.64. The number of aromatic nitrogens is 1. The van der Waals surface area contributed by atoms with E-state index in [1.54, 1.807) is 0 Å². The summed E-state index contributed by atoms with van der Waals surface area (Å²) in [4.78, 5) is 32.4. The van der Waals surface area contributed by atoms with Crippen LogP contribution in [0.5, 0.6) is 11.5 Å². The zero-order valence-electron chi connectivity index (χ0n) is 25.6. The van der Waals surface area contributed by atoms with Crippen molar-refractivity contribution < 1.29 is 14.3 Å². The lowest BCUT2D eigenvalue weighted by atomic mass is 9.93. The van der Waals surface area contributed by atoms with Gasteiger partial charge in [0.2, 0.25) is 5.79 Å². The topological polar surface area (TPSA) is 74.9 Å². The van der Waals surface area contributed by atoms with Crippen molar-refractivity contribution in [3.63, 3.8) is 0 Å². The zero-order chi connectivity index (χ0) is 28.9. The minimum Gasteiger partial charge on any atom is -0.448 e. The molecule has 0 amide bonds. The Morgan fingerprint density at radius 2 is 1.69 bits per heavy atom. The van der Waals surface area contributed by atoms with E-state index >= 15 is 0 Å². The predicted molar refractivity (Wildman–Crippen MR) is 158 cm³/mol. The van der Waals surface area contributed by atoms with Gasteiger partial charge in [0.15, 0.2) is 17.8 Å². The highest BCUT2D eigenvalue weighted by molar-refractivity contribution is 5.84. The van der Waals surface area contributed by atoms with Gasteiger partial charge in [0.05, 0.1) is 0 Å². The first-order chi connectivity index (χ1) is 18.4. The van der Waals surface area contributed by atoms with E-state index < -0.39 is 5.79 Å². The average molecular weight is 540 g/mol. The van der Waals surface area contributed by atoms with Crippen LogP contribution in [0, 0.1) is 20.8 Å². The molecule has 1 N–H and O–H groups in total. The Kier molecular flexibility index (Phi) is 10.4. The van der Waals surface area contributed by atoms with Crippen LogP contribution in [0.2, 0.25) is 0 Å². The summed E-state index contributed by atoms with van der Waals surface area (Å²) in [5.41, 5.74) is 6.31. The molecule has 0 aliphatic carbocycles. The lowest BCUT2D eigenvalue weighted by molar-refractivity contribution is -0.0708. The van der Waals surface area contributed by atoms with Gasteiger partial charge in [0.1, 0.15) is 0 Å². The van der Waals surface area contributed by atoms with E-state index in [0.717, 1.165) is 84.1 Å². The number of aldehydes is 1. The van der Waals surface area contributed by atoms with Gasteiger partial charge in [0, 0.05) is 54.9 Å². The van der Waals surface area contributed by atoms with Crippen molar-refractivity contribution in [2.24, 2.45) is 0 Å². The molecule has 1 aliphatic rings. The van der Waals surface area contributed by atoms with Gasteiger partial charge >= 0.3 is 0 Å². The molecule has 7 nitrogen and oxygen atoms in total. The molecule has 39 heavy (non-hydrogen) atoms. The summed E-state index contributed by atoms with van der Waals surface area (Å²) < 4.78 is 12.9. The number of ether oxygens (including phenoxy) is 2. The van der Waals surface area contributed by atoms with E-state index in [0.29, 0.717) is 36.9 Å². The Morgan fingerprint density at radius 3 is 2.28 bits per heavy atom. The van der Waals surface area contributed by atoms with Gasteiger partial charge in [-0.05, 0) is 96.8 Å². The fraction of sp³-hybridized carbons (Fsp3) is 0.625. The number of carbonyl (C=O) groups is 1. The molecule has 3 rings (SSSR count). The van der Waals surface area contributed by atoms with Crippen molar-refractivity contribution in [1.82, 2.24) is 14.8 Å². The first-order valence-corrected chi connectivity index (χ1v) is 14.5. The maximum absolute atomic E-state index is 12.7. The number of pyridine rings is 1. The fourth-order valence-corrected chi connectivity index (χ4v) is 5.90. The molecule has 0 spiro atoms. The van der Waals surface area contributed by atoms with Crippen LogP contribution in [0.25, 0.3) is 0 Å². The van der Waals surface area contributed by atoms with Crippen LogP contribution < -0.4 is 15.0 Å². The number of rotatable bonds is 14. The molecule has 2 heterocycles. The number of nitrogens with one attached hydrogen (secondary N) is 1. The number of hydrogen-bond donors (Lipinski definition) is 1. The SMILES string of the molecule is CCCc1cc(C)[nH]c(=O)c1CN(C)CCc1c(C)c2c(c(C)c1C=O)OC(C)(CCCC(CC)N(C)C)O2. The van der Waals surface area contributed by atoms with Crippen molar-refractivity contribution >= 4 is 6.29 Å². The number of likely N-dealkylation sites (N-methyl/N-ethyl adjacent to an activating group) is 1. The normalized spacial score (nSPS) is 17.3. The largest absolute Gasteiger partial charge is 0.448 e. The summed E-state index contributed by atoms with van der Waals surface area (Å²) in [6.45, 7) is 13.5. The zero-order valence-corrected chi connectivity index (χ0v) is 25.6. The lowest BCUT2D eigenvalue weighted by Crippen LogP contribution is -2.35. The Labute approximate surface area is 234 Å². The smallest absolute Gasteiger partial charge is 0.252 e. The molecule has 2 unspecified atom stereocenters. The highest BCUT2D eigenvalue weighted by Gasteiger charge is 2.40. The molecule has 0 fully saturated rings. The quantitative estimate of drug-likeness (QED) is 0.309. The fourth-order valence-electron chi connectivity index (χ4n) is 5.90. The number of hydrogen-bond acceptors (Lipinski definition) is 6. The number of carbonyl (C=O) groups excluding carboxylic acids is 1. The van der Waals surface area contributed by atoms with Crippen molar-refractivity contribution in [2.45, 2.75) is 105 Å². The van der Waals surface area contributed by atoms with E-state index in [9.17, 15) is 9.59 Å². The minimum absolute atomic E-state index is 0.0101. The third-order valence-corrected chi connectivity index (χ3v) is 8.25. The van der Waals surface area contributed by atoms with Gasteiger partial charge in [-0.1, -0.05) is 20.3 Å². The second-order valence-corrected chi connectivity index (χ2v) is 11.7. The molecule has 2 atom stereocenters. The maximum atomic E-state index is 12.7. The third-order valence-electron chi connectivity index (χ3n) is 8.25. The number of aryl methyl sites for hydroxylation is 2. The molecule has 1 aromatic heterocycles. The summed E-state index contributed by atoms with van der Waals surface area (Å²) in [6.07, 6.45) is 7.48. The molecular weight excluding hydrogens is 490 g/mol. The number of fused-ring (bicyclic) bond motifs is 1. The second kappa shape index (κ2) is 13.1. The monoisotopic (exact) mass is 539 g/mol. The van der Waals surface area contributed by atoms with E-state index in [1.165, 1.54) is 0 Å². The Bertz CT molecular complexity index is 1220. The summed E-state index contributed by atoms with van der Waals surface area (Å²) in [5, 5.41) is 0. The molecule has 7 heteroatoms. The summed E-state index contributed by atoms with van der Waals surface area (Å²) in [7, 11) is 6.28. The molecule has 0 radical (unpaired) electrons. The van der Waals surface area contributed by atoms with Gasteiger partial charge in [-0.3, -0.25) is 9.59 Å². The summed E-state index contributed by atoms with van der Waals surface area (Å²) >= 11 is 0. The van der Waals surface area contributed by atoms with Crippen LogP contribution in [0.15, 0.2) is 10.9 Å². The molecule has 1 aromatic carbocycles. The van der Waals surface area contributed by atoms with Crippen LogP contribution in [-0.2, 0) is 19.4 Å². The highest BCUT2D eigenvalue weighted by atomic mass is 16.7. The molecule has 216 valence electrons. The number of aromatic amines is 1. The van der Waals surface area contributed by atoms with Crippen molar-refractivity contribution in [2.75, 3.05) is 27.7 Å². The highest BCUT2D eigenvalue weighted by Crippen LogP contribution is 2.48. The van der Waals surface area contributed by atoms with E-state index in [1.807, 2.05) is 34.7 Å². The molecule has 0 saturated carbocycles. The van der Waals surface area contributed by atoms with Crippen LogP contribution >= 0.6 is 0 Å². The van der Waals surface area contributed by atoms with Crippen LogP contribution in [0.3, 0.4) is 0 Å². The van der Waals surface area contributed by atoms with Crippen LogP contribution in [0.1, 0.15) is 96.7 Å². The van der Waals surface area contributed by atoms with Gasteiger partial charge in [-0.15, -0.1) is 0 Å². The molecule has 1 aliphatic heterocycles. The van der Waals surface area contributed by atoms with Gasteiger partial charge in [0.25, 0.3) is 5.56 Å². The molecule has 2 aromatic rings. The number of nitrogens with zero attached hydrogens (tertiary/aromatic N) is 2. The van der Waals surface area contributed by atoms with Crippen LogP contribution in [0.4, 0.5) is 0 Å². The maximum Gasteiger partial charge on any atom is 0.252 e. The van der Waals surface area contributed by atoms with Gasteiger partial charge in [-0.2, -0.15) is 0 Å². The van der Waals surface area contributed by atoms with E-state index in [2.05, 4.69) is 48.8 Å². The van der Waals surface area contributed by atoms with Gasteiger partial charge < -0.3 is 24.3 Å². The predicted octanol–water partition coefficient (Wildman–Crippen LogP) is 5.74. The van der Waals surface area contributed by atoms with Gasteiger partial charge in [-0.25, -0.2) is 0 Å². The second-order valence-electron chi connectivity index (χ2n) is 11.7. The van der Waals surface area contributed by atoms with Crippen LogP contribution in [-0.4, -0.2) is 60.6 Å².